The van der Waals surface area contributed by atoms with Gasteiger partial charge in [0.15, 0.2) is 6.61 Å². The summed E-state index contributed by atoms with van der Waals surface area (Å²) in [5.74, 6) is 1.45. The van der Waals surface area contributed by atoms with Crippen molar-refractivity contribution < 1.29 is 14.3 Å². The van der Waals surface area contributed by atoms with Gasteiger partial charge in [-0.1, -0.05) is 6.07 Å². The van der Waals surface area contributed by atoms with Crippen LogP contribution in [-0.4, -0.2) is 77.5 Å². The van der Waals surface area contributed by atoms with Crippen molar-refractivity contribution in [3.8, 4) is 5.75 Å². The molecule has 1 aromatic carbocycles. The largest absolute Gasteiger partial charge is 0.484 e. The first-order valence-corrected chi connectivity index (χ1v) is 11.2. The standard InChI is InChI=1S/C23H27N7O3/c1-29-9-7-24-21-20-18(23(32)28-22(20)27-14-26-21)11-25-15-4-2-6-17(10-15)33-13-19(31)30-8-3-5-16(30)12-29/h2,4,6,10-11,14,16,25H,3,5,7-9,12-13H2,1H3,(H2,24,26,27,28,32)/b18-11-/t16-/m1/s1. The molecule has 0 aliphatic carbocycles. The van der Waals surface area contributed by atoms with Crippen LogP contribution in [0.4, 0.5) is 17.3 Å². The van der Waals surface area contributed by atoms with E-state index in [0.717, 1.165) is 38.2 Å². The van der Waals surface area contributed by atoms with Gasteiger partial charge in [0.05, 0.1) is 11.1 Å². The minimum atomic E-state index is -0.244. The van der Waals surface area contributed by atoms with Crippen LogP contribution in [0.2, 0.25) is 0 Å². The molecule has 0 unspecified atom stereocenters. The van der Waals surface area contributed by atoms with Gasteiger partial charge in [0.25, 0.3) is 11.8 Å². The number of aromatic nitrogens is 2. The number of carbonyl (C=O) groups excluding carboxylic acids is 2. The lowest BCUT2D eigenvalue weighted by Gasteiger charge is -2.29. The monoisotopic (exact) mass is 449 g/mol. The second kappa shape index (κ2) is 9.07. The lowest BCUT2D eigenvalue weighted by atomic mass is 10.1. The summed E-state index contributed by atoms with van der Waals surface area (Å²) >= 11 is 0. The zero-order valence-corrected chi connectivity index (χ0v) is 18.5. The van der Waals surface area contributed by atoms with Crippen LogP contribution in [-0.2, 0) is 9.59 Å². The van der Waals surface area contributed by atoms with Crippen molar-refractivity contribution in [2.45, 2.75) is 18.9 Å². The third-order valence-electron chi connectivity index (χ3n) is 6.18. The number of fused-ring (bicyclic) bond motifs is 3. The van der Waals surface area contributed by atoms with Crippen molar-refractivity contribution in [2.24, 2.45) is 0 Å². The second-order valence-electron chi connectivity index (χ2n) is 8.49. The minimum absolute atomic E-state index is 0.00277. The number of anilines is 3. The predicted octanol–water partition coefficient (Wildman–Crippen LogP) is 1.61. The third-order valence-corrected chi connectivity index (χ3v) is 6.18. The average Bonchev–Trinajstić information content (AvgIpc) is 3.39. The van der Waals surface area contributed by atoms with Crippen molar-refractivity contribution >= 4 is 34.7 Å². The predicted molar refractivity (Wildman–Crippen MR) is 125 cm³/mol. The molecule has 0 saturated carbocycles. The minimum Gasteiger partial charge on any atom is -0.484 e. The Kier molecular flexibility index (Phi) is 5.82. The molecular weight excluding hydrogens is 422 g/mol. The van der Waals surface area contributed by atoms with E-state index in [9.17, 15) is 9.59 Å². The van der Waals surface area contributed by atoms with E-state index in [1.54, 1.807) is 12.3 Å². The number of benzene rings is 1. The van der Waals surface area contributed by atoms with Gasteiger partial charge in [-0.15, -0.1) is 0 Å². The van der Waals surface area contributed by atoms with Crippen molar-refractivity contribution in [3.63, 3.8) is 0 Å². The van der Waals surface area contributed by atoms with Crippen LogP contribution < -0.4 is 20.7 Å². The van der Waals surface area contributed by atoms with Gasteiger partial charge in [0.2, 0.25) is 0 Å². The molecule has 3 N–H and O–H groups in total. The molecule has 1 aromatic heterocycles. The number of rotatable bonds is 0. The SMILES string of the molecule is CN1CCNc2ncnc3c2/C(=C/Nc2cccc(c2)OCC(=O)N2CCC[C@@H]2C1)C(=O)N3. The van der Waals surface area contributed by atoms with E-state index < -0.39 is 0 Å². The molecule has 33 heavy (non-hydrogen) atoms. The van der Waals surface area contributed by atoms with Crippen LogP contribution in [0.1, 0.15) is 18.4 Å². The Balaban J connectivity index is 1.45. The number of nitrogens with one attached hydrogen (secondary N) is 3. The Morgan fingerprint density at radius 2 is 2.03 bits per heavy atom. The molecule has 2 bridgehead atoms. The second-order valence-corrected chi connectivity index (χ2v) is 8.49. The number of hydrogen-bond donors (Lipinski definition) is 3. The fourth-order valence-electron chi connectivity index (χ4n) is 4.52. The molecule has 5 rings (SSSR count). The maximum Gasteiger partial charge on any atom is 0.260 e. The van der Waals surface area contributed by atoms with Gasteiger partial charge in [-0.2, -0.15) is 0 Å². The van der Waals surface area contributed by atoms with Gasteiger partial charge >= 0.3 is 0 Å². The van der Waals surface area contributed by atoms with Crippen molar-refractivity contribution in [2.75, 3.05) is 55.8 Å². The number of carbonyl (C=O) groups is 2. The average molecular weight is 450 g/mol. The molecule has 1 fully saturated rings. The molecule has 1 atom stereocenters. The van der Waals surface area contributed by atoms with Gasteiger partial charge in [-0.3, -0.25) is 9.59 Å². The highest BCUT2D eigenvalue weighted by Crippen LogP contribution is 2.34. The van der Waals surface area contributed by atoms with E-state index in [0.29, 0.717) is 35.1 Å². The maximum absolute atomic E-state index is 12.8. The van der Waals surface area contributed by atoms with Gasteiger partial charge < -0.3 is 30.5 Å². The highest BCUT2D eigenvalue weighted by Gasteiger charge is 2.31. The molecule has 2 amide bonds. The Morgan fingerprint density at radius 3 is 2.94 bits per heavy atom. The summed E-state index contributed by atoms with van der Waals surface area (Å²) in [7, 11) is 2.05. The summed E-state index contributed by atoms with van der Waals surface area (Å²) in [5.41, 5.74) is 1.84. The summed E-state index contributed by atoms with van der Waals surface area (Å²) in [6.07, 6.45) is 5.08. The van der Waals surface area contributed by atoms with Crippen LogP contribution in [0.5, 0.6) is 5.75 Å². The molecule has 10 nitrogen and oxygen atoms in total. The summed E-state index contributed by atoms with van der Waals surface area (Å²) in [5, 5.41) is 9.31. The Morgan fingerprint density at radius 1 is 1.15 bits per heavy atom. The Labute approximate surface area is 192 Å². The normalized spacial score (nSPS) is 23.0. The van der Waals surface area contributed by atoms with Gasteiger partial charge in [-0.25, -0.2) is 9.97 Å². The molecule has 1 saturated heterocycles. The number of amides is 2. The van der Waals surface area contributed by atoms with Crippen molar-refractivity contribution in [3.05, 3.63) is 42.4 Å². The van der Waals surface area contributed by atoms with Crippen LogP contribution in [0.3, 0.4) is 0 Å². The summed E-state index contributed by atoms with van der Waals surface area (Å²) in [6, 6.07) is 7.50. The van der Waals surface area contributed by atoms with E-state index in [1.165, 1.54) is 6.33 Å². The number of hydrogen-bond acceptors (Lipinski definition) is 8. The first-order chi connectivity index (χ1) is 16.1. The van der Waals surface area contributed by atoms with E-state index in [1.807, 2.05) is 30.1 Å². The van der Waals surface area contributed by atoms with Crippen LogP contribution in [0.15, 0.2) is 36.8 Å². The third kappa shape index (κ3) is 4.47. The maximum atomic E-state index is 12.8. The summed E-state index contributed by atoms with van der Waals surface area (Å²) in [4.78, 5) is 38.2. The first kappa shape index (κ1) is 21.2. The molecule has 3 aliphatic heterocycles. The number of ether oxygens (including phenoxy) is 1. The molecule has 3 aliphatic rings. The van der Waals surface area contributed by atoms with Crippen LogP contribution in [0.25, 0.3) is 5.57 Å². The number of likely N-dealkylation sites (N-methyl/N-ethyl adjacent to an activating group) is 1. The van der Waals surface area contributed by atoms with Gasteiger partial charge in [0.1, 0.15) is 23.7 Å². The highest BCUT2D eigenvalue weighted by atomic mass is 16.5. The van der Waals surface area contributed by atoms with E-state index in [2.05, 4.69) is 30.8 Å². The van der Waals surface area contributed by atoms with E-state index in [-0.39, 0.29) is 24.5 Å². The molecule has 4 heterocycles. The lowest BCUT2D eigenvalue weighted by molar-refractivity contribution is -0.134. The molecule has 0 spiro atoms. The lowest BCUT2D eigenvalue weighted by Crippen LogP contribution is -2.44. The molecular formula is C23H27N7O3. The Hall–Kier alpha value is -3.66. The molecule has 172 valence electrons. The van der Waals surface area contributed by atoms with Gasteiger partial charge in [-0.05, 0) is 32.0 Å². The fourth-order valence-corrected chi connectivity index (χ4v) is 4.52. The molecule has 10 heteroatoms. The summed E-state index contributed by atoms with van der Waals surface area (Å²) < 4.78 is 5.81. The first-order valence-electron chi connectivity index (χ1n) is 11.2. The van der Waals surface area contributed by atoms with E-state index in [4.69, 9.17) is 4.74 Å². The zero-order valence-electron chi connectivity index (χ0n) is 18.5. The van der Waals surface area contributed by atoms with Crippen LogP contribution >= 0.6 is 0 Å². The highest BCUT2D eigenvalue weighted by molar-refractivity contribution is 6.32. The Bertz CT molecular complexity index is 1100. The quantitative estimate of drug-likeness (QED) is 0.556. The van der Waals surface area contributed by atoms with Crippen molar-refractivity contribution in [1.29, 1.82) is 0 Å². The number of nitrogens with zero attached hydrogens (tertiary/aromatic N) is 4. The van der Waals surface area contributed by atoms with Gasteiger partial charge in [0, 0.05) is 50.2 Å². The fraction of sp³-hybridized carbons (Fsp3) is 0.391. The zero-order chi connectivity index (χ0) is 22.8. The topological polar surface area (TPSA) is 112 Å². The summed E-state index contributed by atoms with van der Waals surface area (Å²) in [6.45, 7) is 2.96. The molecule has 2 aromatic rings. The van der Waals surface area contributed by atoms with Crippen molar-refractivity contribution in [1.82, 2.24) is 19.8 Å². The molecule has 0 radical (unpaired) electrons. The van der Waals surface area contributed by atoms with Crippen LogP contribution in [0, 0.1) is 0 Å². The van der Waals surface area contributed by atoms with E-state index >= 15 is 0 Å². The smallest absolute Gasteiger partial charge is 0.260 e.